The average molecular weight is 417 g/mol. The predicted octanol–water partition coefficient (Wildman–Crippen LogP) is 5.56. The number of halogens is 3. The Kier molecular flexibility index (Phi) is 8.72. The van der Waals surface area contributed by atoms with Crippen LogP contribution in [0.15, 0.2) is 24.4 Å². The Balaban J connectivity index is 2.08. The summed E-state index contributed by atoms with van der Waals surface area (Å²) in [6.45, 7) is 2.14. The van der Waals surface area contributed by atoms with E-state index in [9.17, 15) is 13.2 Å². The molecule has 0 bridgehead atoms. The summed E-state index contributed by atoms with van der Waals surface area (Å²) in [7, 11) is 0. The van der Waals surface area contributed by atoms with E-state index in [4.69, 9.17) is 15.6 Å². The molecule has 8 heteroatoms. The van der Waals surface area contributed by atoms with E-state index >= 15 is 0 Å². The van der Waals surface area contributed by atoms with Crippen LogP contribution in [0.2, 0.25) is 0 Å². The first-order valence-corrected chi connectivity index (χ1v) is 10.3. The maximum atomic E-state index is 13.5. The number of aliphatic hydroxyl groups excluding tert-OH is 1. The third kappa shape index (κ3) is 6.46. The highest BCUT2D eigenvalue weighted by atomic mass is 32.1. The summed E-state index contributed by atoms with van der Waals surface area (Å²) in [5.74, 6) is -0.151. The standard InChI is InChI=1S/C20H27F3N2O2S/c1-2-3-4-5-6-7-10-27-17-9-8-14(11-15(17)20(21,22)23)18-12-25-19(28-18)16(24)13-26/h8-9,11-12,16,26H,2-7,10,13,24H2,1H3. The molecule has 0 aliphatic rings. The van der Waals surface area contributed by atoms with Gasteiger partial charge in [0.05, 0.1) is 29.7 Å². The van der Waals surface area contributed by atoms with E-state index in [-0.39, 0.29) is 19.0 Å². The number of alkyl halides is 3. The molecule has 156 valence electrons. The van der Waals surface area contributed by atoms with E-state index < -0.39 is 17.8 Å². The number of benzene rings is 1. The normalized spacial score (nSPS) is 12.9. The molecule has 1 unspecified atom stereocenters. The van der Waals surface area contributed by atoms with Crippen LogP contribution in [0, 0.1) is 0 Å². The number of thiazole rings is 1. The first kappa shape index (κ1) is 22.6. The summed E-state index contributed by atoms with van der Waals surface area (Å²) in [5.41, 5.74) is 5.32. The van der Waals surface area contributed by atoms with Crippen LogP contribution in [0.3, 0.4) is 0 Å². The Morgan fingerprint density at radius 1 is 1.18 bits per heavy atom. The van der Waals surface area contributed by atoms with Gasteiger partial charge in [0.15, 0.2) is 0 Å². The van der Waals surface area contributed by atoms with Crippen molar-refractivity contribution in [2.24, 2.45) is 5.73 Å². The van der Waals surface area contributed by atoms with Gasteiger partial charge in [0.1, 0.15) is 10.8 Å². The molecule has 1 atom stereocenters. The first-order valence-electron chi connectivity index (χ1n) is 9.53. The van der Waals surface area contributed by atoms with Crippen LogP contribution in [0.1, 0.15) is 62.1 Å². The van der Waals surface area contributed by atoms with Gasteiger partial charge in [0, 0.05) is 6.20 Å². The summed E-state index contributed by atoms with van der Waals surface area (Å²) in [4.78, 5) is 4.65. The number of hydrogen-bond acceptors (Lipinski definition) is 5. The molecule has 0 saturated carbocycles. The second-order valence-corrected chi connectivity index (χ2v) is 7.74. The monoisotopic (exact) mass is 416 g/mol. The van der Waals surface area contributed by atoms with Gasteiger partial charge in [-0.3, -0.25) is 0 Å². The van der Waals surface area contributed by atoms with Crippen LogP contribution in [0.4, 0.5) is 13.2 Å². The van der Waals surface area contributed by atoms with E-state index in [0.717, 1.165) is 38.2 Å². The predicted molar refractivity (Wildman–Crippen MR) is 105 cm³/mol. The minimum Gasteiger partial charge on any atom is -0.493 e. The highest BCUT2D eigenvalue weighted by Crippen LogP contribution is 2.40. The lowest BCUT2D eigenvalue weighted by Gasteiger charge is -2.15. The summed E-state index contributed by atoms with van der Waals surface area (Å²) in [5, 5.41) is 9.58. The Hall–Kier alpha value is -1.64. The Labute approximate surface area is 167 Å². The molecule has 0 aliphatic carbocycles. The van der Waals surface area contributed by atoms with Crippen molar-refractivity contribution >= 4 is 11.3 Å². The van der Waals surface area contributed by atoms with E-state index in [1.54, 1.807) is 6.07 Å². The maximum absolute atomic E-state index is 13.5. The van der Waals surface area contributed by atoms with E-state index in [0.29, 0.717) is 15.4 Å². The molecule has 0 aliphatic heterocycles. The minimum atomic E-state index is -4.51. The van der Waals surface area contributed by atoms with Crippen LogP contribution in [-0.2, 0) is 6.18 Å². The van der Waals surface area contributed by atoms with Crippen molar-refractivity contribution in [1.82, 2.24) is 4.98 Å². The van der Waals surface area contributed by atoms with Crippen LogP contribution < -0.4 is 10.5 Å². The molecular weight excluding hydrogens is 389 g/mol. The lowest BCUT2D eigenvalue weighted by Crippen LogP contribution is -2.13. The quantitative estimate of drug-likeness (QED) is 0.471. The number of unbranched alkanes of at least 4 members (excludes halogenated alkanes) is 5. The third-order valence-electron chi connectivity index (χ3n) is 4.36. The van der Waals surface area contributed by atoms with Crippen molar-refractivity contribution < 1.29 is 23.0 Å². The van der Waals surface area contributed by atoms with Gasteiger partial charge in [-0.15, -0.1) is 11.3 Å². The number of aromatic nitrogens is 1. The molecule has 0 saturated heterocycles. The molecule has 4 nitrogen and oxygen atoms in total. The topological polar surface area (TPSA) is 68.4 Å². The Morgan fingerprint density at radius 3 is 2.57 bits per heavy atom. The lowest BCUT2D eigenvalue weighted by molar-refractivity contribution is -0.138. The molecule has 0 radical (unpaired) electrons. The van der Waals surface area contributed by atoms with Crippen LogP contribution in [0.5, 0.6) is 5.75 Å². The molecule has 28 heavy (non-hydrogen) atoms. The zero-order chi connectivity index (χ0) is 20.6. The highest BCUT2D eigenvalue weighted by molar-refractivity contribution is 7.15. The number of ether oxygens (including phenoxy) is 1. The number of nitrogens with zero attached hydrogens (tertiary/aromatic N) is 1. The summed E-state index contributed by atoms with van der Waals surface area (Å²) < 4.78 is 45.9. The fourth-order valence-corrected chi connectivity index (χ4v) is 3.67. The number of hydrogen-bond donors (Lipinski definition) is 2. The zero-order valence-corrected chi connectivity index (χ0v) is 16.8. The van der Waals surface area contributed by atoms with Crippen molar-refractivity contribution in [1.29, 1.82) is 0 Å². The largest absolute Gasteiger partial charge is 0.493 e. The van der Waals surface area contributed by atoms with Gasteiger partial charge in [0.25, 0.3) is 0 Å². The molecule has 2 aromatic rings. The smallest absolute Gasteiger partial charge is 0.419 e. The average Bonchev–Trinajstić information content (AvgIpc) is 3.16. The molecule has 1 aromatic heterocycles. The van der Waals surface area contributed by atoms with Gasteiger partial charge in [0.2, 0.25) is 0 Å². The molecule has 2 rings (SSSR count). The maximum Gasteiger partial charge on any atom is 0.419 e. The second-order valence-electron chi connectivity index (χ2n) is 6.68. The van der Waals surface area contributed by atoms with Gasteiger partial charge < -0.3 is 15.6 Å². The Bertz CT molecular complexity index is 734. The third-order valence-corrected chi connectivity index (χ3v) is 5.54. The molecule has 0 amide bonds. The number of nitrogens with two attached hydrogens (primary N) is 1. The van der Waals surface area contributed by atoms with Gasteiger partial charge >= 0.3 is 6.18 Å². The Morgan fingerprint density at radius 2 is 1.89 bits per heavy atom. The fraction of sp³-hybridized carbons (Fsp3) is 0.550. The van der Waals surface area contributed by atoms with Gasteiger partial charge in [-0.05, 0) is 30.2 Å². The van der Waals surface area contributed by atoms with Crippen molar-refractivity contribution in [3.8, 4) is 16.2 Å². The van der Waals surface area contributed by atoms with Crippen molar-refractivity contribution in [2.45, 2.75) is 57.7 Å². The summed E-state index contributed by atoms with van der Waals surface area (Å²) in [6, 6.07) is 3.40. The van der Waals surface area contributed by atoms with Crippen LogP contribution in [-0.4, -0.2) is 23.3 Å². The van der Waals surface area contributed by atoms with E-state index in [2.05, 4.69) is 11.9 Å². The molecule has 0 spiro atoms. The molecular formula is C20H27F3N2O2S. The van der Waals surface area contributed by atoms with Gasteiger partial charge in [-0.1, -0.05) is 39.0 Å². The molecule has 1 heterocycles. The number of rotatable bonds is 11. The summed E-state index contributed by atoms with van der Waals surface area (Å²) in [6.07, 6.45) is 3.22. The number of aliphatic hydroxyl groups is 1. The van der Waals surface area contributed by atoms with Gasteiger partial charge in [-0.25, -0.2) is 4.98 Å². The van der Waals surface area contributed by atoms with Crippen molar-refractivity contribution in [2.75, 3.05) is 13.2 Å². The van der Waals surface area contributed by atoms with E-state index in [1.165, 1.54) is 30.0 Å². The van der Waals surface area contributed by atoms with Crippen LogP contribution in [0.25, 0.3) is 10.4 Å². The molecule has 0 fully saturated rings. The van der Waals surface area contributed by atoms with E-state index in [1.807, 2.05) is 0 Å². The summed E-state index contributed by atoms with van der Waals surface area (Å²) >= 11 is 1.17. The molecule has 1 aromatic carbocycles. The van der Waals surface area contributed by atoms with Gasteiger partial charge in [-0.2, -0.15) is 13.2 Å². The minimum absolute atomic E-state index is 0.151. The molecule has 3 N–H and O–H groups in total. The highest BCUT2D eigenvalue weighted by Gasteiger charge is 2.35. The van der Waals surface area contributed by atoms with Crippen molar-refractivity contribution in [3.05, 3.63) is 35.0 Å². The first-order chi connectivity index (χ1) is 13.4. The van der Waals surface area contributed by atoms with Crippen LogP contribution >= 0.6 is 11.3 Å². The lowest BCUT2D eigenvalue weighted by atomic mass is 10.1. The SMILES string of the molecule is CCCCCCCCOc1ccc(-c2cnc(C(N)CO)s2)cc1C(F)(F)F. The zero-order valence-electron chi connectivity index (χ0n) is 16.0. The van der Waals surface area contributed by atoms with Crippen molar-refractivity contribution in [3.63, 3.8) is 0 Å². The second kappa shape index (κ2) is 10.8. The fourth-order valence-electron chi connectivity index (χ4n) is 2.77.